The molecule has 1 N–H and O–H groups in total. The Morgan fingerprint density at radius 1 is 0.952 bits per heavy atom. The van der Waals surface area contributed by atoms with Crippen LogP contribution in [-0.4, -0.2) is 27.0 Å². The number of anilines is 1. The van der Waals surface area contributed by atoms with E-state index < -0.39 is 23.0 Å². The molecule has 1 aromatic heterocycles. The molecule has 1 heterocycles. The normalized spacial score (nSPS) is 11.7. The lowest BCUT2D eigenvalue weighted by molar-refractivity contribution is -0.119. The van der Waals surface area contributed by atoms with Gasteiger partial charge in [-0.1, -0.05) is 39.0 Å². The molecule has 0 radical (unpaired) electrons. The van der Waals surface area contributed by atoms with Gasteiger partial charge < -0.3 is 5.32 Å². The number of Topliss-reactive ketones (excluding diaryl/α,β-unsaturated/α-hetero) is 1. The summed E-state index contributed by atoms with van der Waals surface area (Å²) >= 11 is 0. The average molecular weight is 572 g/mol. The topological polar surface area (TPSA) is 98.1 Å². The fraction of sp³-hybridized carbons (Fsp3) is 0.242. The van der Waals surface area contributed by atoms with Crippen LogP contribution in [0.4, 0.5) is 14.6 Å². The van der Waals surface area contributed by atoms with Gasteiger partial charge in [-0.15, -0.1) is 0 Å². The highest BCUT2D eigenvalue weighted by atomic mass is 19.1. The second-order valence-corrected chi connectivity index (χ2v) is 10.1. The summed E-state index contributed by atoms with van der Waals surface area (Å²) in [6, 6.07) is 13.8. The van der Waals surface area contributed by atoms with Crippen molar-refractivity contribution in [2.45, 2.75) is 47.1 Å². The first-order chi connectivity index (χ1) is 20.0. The average Bonchev–Trinajstić information content (AvgIpc) is 2.98. The molecular weight excluding hydrogens is 540 g/mol. The van der Waals surface area contributed by atoms with Gasteiger partial charge in [0.05, 0.1) is 18.4 Å². The van der Waals surface area contributed by atoms with E-state index in [-0.39, 0.29) is 41.1 Å². The molecule has 7 nitrogen and oxygen atoms in total. The van der Waals surface area contributed by atoms with Crippen molar-refractivity contribution in [2.75, 3.05) is 5.32 Å². The summed E-state index contributed by atoms with van der Waals surface area (Å²) in [5, 5.41) is 2.59. The number of amides is 1. The van der Waals surface area contributed by atoms with E-state index in [1.54, 1.807) is 39.0 Å². The maximum Gasteiger partial charge on any atom is 0.294 e. The van der Waals surface area contributed by atoms with E-state index in [2.05, 4.69) is 10.3 Å². The largest absolute Gasteiger partial charge is 0.306 e. The third-order valence-corrected chi connectivity index (χ3v) is 7.25. The van der Waals surface area contributed by atoms with Crippen molar-refractivity contribution in [3.05, 3.63) is 117 Å². The second kappa shape index (κ2) is 12.8. The van der Waals surface area contributed by atoms with Crippen LogP contribution in [0.5, 0.6) is 0 Å². The molecule has 1 atom stereocenters. The minimum Gasteiger partial charge on any atom is -0.306 e. The molecule has 0 aliphatic heterocycles. The Morgan fingerprint density at radius 3 is 2.33 bits per heavy atom. The number of benzene rings is 3. The number of nitrogens with zero attached hydrogens (tertiary/aromatic N) is 2. The van der Waals surface area contributed by atoms with Gasteiger partial charge in [-0.3, -0.25) is 23.7 Å². The van der Waals surface area contributed by atoms with Crippen LogP contribution in [0.25, 0.3) is 11.3 Å². The summed E-state index contributed by atoms with van der Waals surface area (Å²) < 4.78 is 29.5. The predicted octanol–water partition coefficient (Wildman–Crippen LogP) is 6.35. The monoisotopic (exact) mass is 571 g/mol. The molecule has 0 spiro atoms. The predicted molar refractivity (Wildman–Crippen MR) is 157 cm³/mol. The van der Waals surface area contributed by atoms with Crippen LogP contribution in [0.1, 0.15) is 71.0 Å². The SMILES string of the molecule is CCC(=O)c1cccc(-c2cnc(NC(=O)[C@H](C)CC)c(=O)n2Cc2cc(F)cc(C(=O)c3ccc(F)cc3)c2)c1C. The zero-order valence-corrected chi connectivity index (χ0v) is 23.8. The summed E-state index contributed by atoms with van der Waals surface area (Å²) in [6.45, 7) is 6.94. The Hall–Kier alpha value is -4.79. The lowest BCUT2D eigenvalue weighted by Gasteiger charge is -2.18. The standard InChI is InChI=1S/C33H31F2N3O4/c1-5-19(3)32(41)37-31-33(42)38(28(17-36-31)26-8-7-9-27(20(26)4)29(39)6-2)18-21-14-23(16-25(35)15-21)30(40)22-10-12-24(34)13-11-22/h7-17,19H,5-6,18H2,1-4H3,(H,36,37,41)/t19-/m1/s1. The molecule has 4 aromatic rings. The van der Waals surface area contributed by atoms with Crippen LogP contribution < -0.4 is 10.9 Å². The van der Waals surface area contributed by atoms with Crippen LogP contribution in [0.15, 0.2) is 71.7 Å². The smallest absolute Gasteiger partial charge is 0.294 e. The van der Waals surface area contributed by atoms with E-state index in [0.29, 0.717) is 40.8 Å². The minimum atomic E-state index is -0.696. The van der Waals surface area contributed by atoms with E-state index in [1.807, 2.05) is 6.92 Å². The molecule has 0 fully saturated rings. The van der Waals surface area contributed by atoms with Gasteiger partial charge >= 0.3 is 0 Å². The highest BCUT2D eigenvalue weighted by Crippen LogP contribution is 2.27. The van der Waals surface area contributed by atoms with E-state index in [0.717, 1.165) is 18.2 Å². The molecule has 4 rings (SSSR count). The Morgan fingerprint density at radius 2 is 1.67 bits per heavy atom. The minimum absolute atomic E-state index is 0.0253. The maximum atomic E-state index is 14.8. The molecule has 216 valence electrons. The molecule has 1 amide bonds. The van der Waals surface area contributed by atoms with E-state index in [1.165, 1.54) is 35.0 Å². The lowest BCUT2D eigenvalue weighted by atomic mass is 9.96. The van der Waals surface area contributed by atoms with Gasteiger partial charge in [0.1, 0.15) is 11.6 Å². The third kappa shape index (κ3) is 6.40. The number of ketones is 2. The van der Waals surface area contributed by atoms with Crippen molar-refractivity contribution < 1.29 is 23.2 Å². The van der Waals surface area contributed by atoms with Crippen molar-refractivity contribution in [3.8, 4) is 11.3 Å². The first kappa shape index (κ1) is 30.2. The van der Waals surface area contributed by atoms with Crippen LogP contribution in [0, 0.1) is 24.5 Å². The molecule has 9 heteroatoms. The zero-order chi connectivity index (χ0) is 30.6. The third-order valence-electron chi connectivity index (χ3n) is 7.25. The highest BCUT2D eigenvalue weighted by Gasteiger charge is 2.20. The van der Waals surface area contributed by atoms with Crippen LogP contribution in [0.3, 0.4) is 0 Å². The van der Waals surface area contributed by atoms with Gasteiger partial charge in [0.2, 0.25) is 5.91 Å². The van der Waals surface area contributed by atoms with Crippen LogP contribution >= 0.6 is 0 Å². The van der Waals surface area contributed by atoms with Gasteiger partial charge in [-0.25, -0.2) is 13.8 Å². The van der Waals surface area contributed by atoms with Crippen LogP contribution in [0.2, 0.25) is 0 Å². The first-order valence-electron chi connectivity index (χ1n) is 13.7. The van der Waals surface area contributed by atoms with Crippen molar-refractivity contribution in [1.29, 1.82) is 0 Å². The number of carbonyl (C=O) groups is 3. The number of hydrogen-bond donors (Lipinski definition) is 1. The van der Waals surface area contributed by atoms with Crippen molar-refractivity contribution in [2.24, 2.45) is 5.92 Å². The molecule has 0 aliphatic carbocycles. The zero-order valence-electron chi connectivity index (χ0n) is 23.8. The van der Waals surface area contributed by atoms with E-state index >= 15 is 0 Å². The lowest BCUT2D eigenvalue weighted by Crippen LogP contribution is -2.31. The molecule has 42 heavy (non-hydrogen) atoms. The molecular formula is C33H31F2N3O4. The Balaban J connectivity index is 1.85. The summed E-state index contributed by atoms with van der Waals surface area (Å²) in [5.41, 5.74) is 1.93. The summed E-state index contributed by atoms with van der Waals surface area (Å²) in [6.07, 6.45) is 2.29. The van der Waals surface area contributed by atoms with E-state index in [4.69, 9.17) is 0 Å². The van der Waals surface area contributed by atoms with Gasteiger partial charge in [0.25, 0.3) is 5.56 Å². The van der Waals surface area contributed by atoms with Gasteiger partial charge in [-0.05, 0) is 66.9 Å². The van der Waals surface area contributed by atoms with Crippen molar-refractivity contribution in [3.63, 3.8) is 0 Å². The molecule has 0 bridgehead atoms. The Kier molecular flexibility index (Phi) is 9.20. The molecule has 0 saturated heterocycles. The van der Waals surface area contributed by atoms with Gasteiger partial charge in [0.15, 0.2) is 17.4 Å². The molecule has 0 saturated carbocycles. The number of nitrogens with one attached hydrogen (secondary N) is 1. The van der Waals surface area contributed by atoms with Crippen molar-refractivity contribution >= 4 is 23.3 Å². The number of carbonyl (C=O) groups excluding carboxylic acids is 3. The molecule has 0 unspecified atom stereocenters. The number of aromatic nitrogens is 2. The molecule has 3 aromatic carbocycles. The fourth-order valence-corrected chi connectivity index (χ4v) is 4.60. The Labute approximate surface area is 242 Å². The summed E-state index contributed by atoms with van der Waals surface area (Å²) in [7, 11) is 0. The van der Waals surface area contributed by atoms with Gasteiger partial charge in [-0.2, -0.15) is 0 Å². The fourth-order valence-electron chi connectivity index (χ4n) is 4.60. The highest BCUT2D eigenvalue weighted by molar-refractivity contribution is 6.09. The summed E-state index contributed by atoms with van der Waals surface area (Å²) in [4.78, 5) is 56.3. The van der Waals surface area contributed by atoms with Crippen LogP contribution in [-0.2, 0) is 11.3 Å². The quantitative estimate of drug-likeness (QED) is 0.224. The maximum absolute atomic E-state index is 14.8. The van der Waals surface area contributed by atoms with Gasteiger partial charge in [0, 0.05) is 34.6 Å². The van der Waals surface area contributed by atoms with Crippen molar-refractivity contribution in [1.82, 2.24) is 9.55 Å². The van der Waals surface area contributed by atoms with E-state index in [9.17, 15) is 28.0 Å². The number of hydrogen-bond acceptors (Lipinski definition) is 5. The summed E-state index contributed by atoms with van der Waals surface area (Å²) in [5.74, 6) is -2.70. The number of rotatable bonds is 10. The first-order valence-corrected chi connectivity index (χ1v) is 13.7. The molecule has 0 aliphatic rings. The Bertz CT molecular complexity index is 1730. The second-order valence-electron chi connectivity index (χ2n) is 10.1. The number of halogens is 2.